The van der Waals surface area contributed by atoms with Crippen LogP contribution in [0.4, 0.5) is 0 Å². The zero-order valence-electron chi connectivity index (χ0n) is 9.75. The molecule has 4 heteroatoms. The number of rotatable bonds is 7. The van der Waals surface area contributed by atoms with Crippen molar-refractivity contribution >= 4 is 11.7 Å². The quantitative estimate of drug-likeness (QED) is 0.628. The van der Waals surface area contributed by atoms with Crippen molar-refractivity contribution in [3.8, 4) is 0 Å². The molecule has 0 saturated heterocycles. The Morgan fingerprint density at radius 3 is 2.60 bits per heavy atom. The fourth-order valence-corrected chi connectivity index (χ4v) is 1.08. The van der Waals surface area contributed by atoms with Crippen LogP contribution in [0.5, 0.6) is 0 Å². The molecule has 0 aromatic heterocycles. The maximum absolute atomic E-state index is 11.1. The largest absolute Gasteiger partial charge is 0.358 e. The zero-order valence-corrected chi connectivity index (χ0v) is 9.75. The van der Waals surface area contributed by atoms with Crippen LogP contribution in [0.25, 0.3) is 0 Å². The highest BCUT2D eigenvalue weighted by atomic mass is 16.2. The number of hydrogen-bond donors (Lipinski definition) is 1. The number of ketones is 1. The van der Waals surface area contributed by atoms with Crippen LogP contribution >= 0.6 is 0 Å². The number of hydrogen-bond acceptors (Lipinski definition) is 3. The predicted molar refractivity (Wildman–Crippen MR) is 60.6 cm³/mol. The Morgan fingerprint density at radius 2 is 2.07 bits per heavy atom. The standard InChI is InChI=1S/C11H20N2O2/c1-4-6-10(14)7-5-8-13(3)9-11(15)12-2/h5,7H,4,6,8-9H2,1-3H3,(H,12,15)/b7-5+. The van der Waals surface area contributed by atoms with Gasteiger partial charge in [-0.15, -0.1) is 0 Å². The van der Waals surface area contributed by atoms with Crippen LogP contribution in [0.2, 0.25) is 0 Å². The SMILES string of the molecule is CCCC(=O)/C=C/CN(C)CC(=O)NC. The summed E-state index contributed by atoms with van der Waals surface area (Å²) in [5.41, 5.74) is 0. The molecule has 4 nitrogen and oxygen atoms in total. The maximum Gasteiger partial charge on any atom is 0.233 e. The van der Waals surface area contributed by atoms with Crippen LogP contribution in [-0.2, 0) is 9.59 Å². The molecule has 0 radical (unpaired) electrons. The van der Waals surface area contributed by atoms with Gasteiger partial charge in [-0.3, -0.25) is 14.5 Å². The molecule has 1 N–H and O–H groups in total. The second-order valence-corrected chi connectivity index (χ2v) is 3.49. The van der Waals surface area contributed by atoms with Gasteiger partial charge < -0.3 is 5.32 Å². The van der Waals surface area contributed by atoms with Crippen LogP contribution in [0.3, 0.4) is 0 Å². The van der Waals surface area contributed by atoms with E-state index < -0.39 is 0 Å². The first-order chi connectivity index (χ1) is 7.10. The Kier molecular flexibility index (Phi) is 7.54. The van der Waals surface area contributed by atoms with E-state index in [2.05, 4.69) is 5.32 Å². The lowest BCUT2D eigenvalue weighted by Gasteiger charge is -2.12. The average Bonchev–Trinajstić information content (AvgIpc) is 2.18. The fraction of sp³-hybridized carbons (Fsp3) is 0.636. The summed E-state index contributed by atoms with van der Waals surface area (Å²) in [5.74, 6) is 0.122. The zero-order chi connectivity index (χ0) is 11.7. The molecule has 0 aliphatic heterocycles. The molecule has 1 amide bonds. The Labute approximate surface area is 91.3 Å². The summed E-state index contributed by atoms with van der Waals surface area (Å²) in [4.78, 5) is 23.9. The monoisotopic (exact) mass is 212 g/mol. The molecule has 0 aromatic rings. The van der Waals surface area contributed by atoms with E-state index in [9.17, 15) is 9.59 Å². The molecule has 0 spiro atoms. The van der Waals surface area contributed by atoms with E-state index in [0.29, 0.717) is 19.5 Å². The Morgan fingerprint density at radius 1 is 1.40 bits per heavy atom. The van der Waals surface area contributed by atoms with E-state index in [4.69, 9.17) is 0 Å². The van der Waals surface area contributed by atoms with E-state index in [1.54, 1.807) is 19.2 Å². The lowest BCUT2D eigenvalue weighted by molar-refractivity contribution is -0.121. The van der Waals surface area contributed by atoms with Crippen molar-refractivity contribution in [3.05, 3.63) is 12.2 Å². The number of carbonyl (C=O) groups excluding carboxylic acids is 2. The van der Waals surface area contributed by atoms with E-state index in [-0.39, 0.29) is 11.7 Å². The summed E-state index contributed by atoms with van der Waals surface area (Å²) in [7, 11) is 3.45. The van der Waals surface area contributed by atoms with Crippen LogP contribution in [0.1, 0.15) is 19.8 Å². The van der Waals surface area contributed by atoms with Crippen LogP contribution in [0.15, 0.2) is 12.2 Å². The third kappa shape index (κ3) is 7.88. The van der Waals surface area contributed by atoms with E-state index in [1.165, 1.54) is 0 Å². The third-order valence-electron chi connectivity index (χ3n) is 1.91. The third-order valence-corrected chi connectivity index (χ3v) is 1.91. The first-order valence-corrected chi connectivity index (χ1v) is 5.18. The van der Waals surface area contributed by atoms with Gasteiger partial charge in [0.15, 0.2) is 5.78 Å². The number of amides is 1. The minimum absolute atomic E-state index is 0.0224. The number of nitrogens with one attached hydrogen (secondary N) is 1. The minimum atomic E-state index is -0.0224. The van der Waals surface area contributed by atoms with E-state index in [0.717, 1.165) is 6.42 Å². The number of allylic oxidation sites excluding steroid dienone is 1. The summed E-state index contributed by atoms with van der Waals surface area (Å²) < 4.78 is 0. The first-order valence-electron chi connectivity index (χ1n) is 5.18. The van der Waals surface area contributed by atoms with Crippen molar-refractivity contribution in [3.63, 3.8) is 0 Å². The molecule has 0 atom stereocenters. The molecule has 0 heterocycles. The summed E-state index contributed by atoms with van der Waals surface area (Å²) in [6.07, 6.45) is 4.84. The maximum atomic E-state index is 11.1. The molecule has 0 unspecified atom stereocenters. The highest BCUT2D eigenvalue weighted by Gasteiger charge is 2.01. The second-order valence-electron chi connectivity index (χ2n) is 3.49. The second kappa shape index (κ2) is 8.17. The molecule has 15 heavy (non-hydrogen) atoms. The van der Waals surface area contributed by atoms with Gasteiger partial charge in [-0.2, -0.15) is 0 Å². The van der Waals surface area contributed by atoms with Gasteiger partial charge in [-0.1, -0.05) is 13.0 Å². The van der Waals surface area contributed by atoms with Crippen LogP contribution in [-0.4, -0.2) is 43.8 Å². The first kappa shape index (κ1) is 13.8. The van der Waals surface area contributed by atoms with E-state index in [1.807, 2.05) is 18.9 Å². The topological polar surface area (TPSA) is 49.4 Å². The van der Waals surface area contributed by atoms with Crippen molar-refractivity contribution in [1.29, 1.82) is 0 Å². The number of carbonyl (C=O) groups is 2. The summed E-state index contributed by atoms with van der Waals surface area (Å²) in [5, 5.41) is 2.54. The minimum Gasteiger partial charge on any atom is -0.358 e. The molecular weight excluding hydrogens is 192 g/mol. The molecule has 0 aliphatic carbocycles. The number of nitrogens with zero attached hydrogens (tertiary/aromatic N) is 1. The van der Waals surface area contributed by atoms with Gasteiger partial charge in [-0.25, -0.2) is 0 Å². The normalized spacial score (nSPS) is 10.9. The molecule has 0 bridgehead atoms. The van der Waals surface area contributed by atoms with Crippen LogP contribution in [0, 0.1) is 0 Å². The fourth-order valence-electron chi connectivity index (χ4n) is 1.08. The van der Waals surface area contributed by atoms with Gasteiger partial charge >= 0.3 is 0 Å². The predicted octanol–water partition coefficient (Wildman–Crippen LogP) is 0.590. The Hall–Kier alpha value is -1.16. The molecule has 0 rings (SSSR count). The van der Waals surface area contributed by atoms with Gasteiger partial charge in [0, 0.05) is 20.0 Å². The molecular formula is C11H20N2O2. The van der Waals surface area contributed by atoms with Gasteiger partial charge in [-0.05, 0) is 19.5 Å². The van der Waals surface area contributed by atoms with Crippen molar-refractivity contribution in [2.24, 2.45) is 0 Å². The van der Waals surface area contributed by atoms with Gasteiger partial charge in [0.1, 0.15) is 0 Å². The lowest BCUT2D eigenvalue weighted by atomic mass is 10.2. The highest BCUT2D eigenvalue weighted by molar-refractivity contribution is 5.89. The molecule has 0 saturated carbocycles. The van der Waals surface area contributed by atoms with Crippen molar-refractivity contribution in [1.82, 2.24) is 10.2 Å². The highest BCUT2D eigenvalue weighted by Crippen LogP contribution is 1.91. The van der Waals surface area contributed by atoms with Gasteiger partial charge in [0.05, 0.1) is 6.54 Å². The number of likely N-dealkylation sites (N-methyl/N-ethyl adjacent to an activating group) is 2. The molecule has 0 aliphatic rings. The van der Waals surface area contributed by atoms with Crippen molar-refractivity contribution in [2.45, 2.75) is 19.8 Å². The lowest BCUT2D eigenvalue weighted by Crippen LogP contribution is -2.33. The van der Waals surface area contributed by atoms with Crippen LogP contribution < -0.4 is 5.32 Å². The Balaban J connectivity index is 3.74. The molecule has 0 fully saturated rings. The molecule has 0 aromatic carbocycles. The van der Waals surface area contributed by atoms with E-state index >= 15 is 0 Å². The average molecular weight is 212 g/mol. The van der Waals surface area contributed by atoms with Gasteiger partial charge in [0.25, 0.3) is 0 Å². The smallest absolute Gasteiger partial charge is 0.233 e. The summed E-state index contributed by atoms with van der Waals surface area (Å²) >= 11 is 0. The van der Waals surface area contributed by atoms with Crippen molar-refractivity contribution < 1.29 is 9.59 Å². The molecule has 86 valence electrons. The Bertz CT molecular complexity index is 237. The summed E-state index contributed by atoms with van der Waals surface area (Å²) in [6.45, 7) is 2.94. The van der Waals surface area contributed by atoms with Gasteiger partial charge in [0.2, 0.25) is 5.91 Å². The summed E-state index contributed by atoms with van der Waals surface area (Å²) in [6, 6.07) is 0. The van der Waals surface area contributed by atoms with Crippen molar-refractivity contribution in [2.75, 3.05) is 27.2 Å².